The molecule has 0 aliphatic heterocycles. The summed E-state index contributed by atoms with van der Waals surface area (Å²) in [4.78, 5) is 17.3. The van der Waals surface area contributed by atoms with Crippen LogP contribution in [0, 0.1) is 5.92 Å². The molecule has 1 fully saturated rings. The number of hydrogen-bond donors (Lipinski definition) is 1. The summed E-state index contributed by atoms with van der Waals surface area (Å²) in [6.45, 7) is 8.82. The van der Waals surface area contributed by atoms with Crippen molar-refractivity contribution in [2.45, 2.75) is 45.7 Å². The van der Waals surface area contributed by atoms with Crippen molar-refractivity contribution in [3.05, 3.63) is 35.9 Å². The van der Waals surface area contributed by atoms with Gasteiger partial charge in [0.25, 0.3) is 0 Å². The zero-order valence-corrected chi connectivity index (χ0v) is 14.6. The van der Waals surface area contributed by atoms with Gasteiger partial charge < -0.3 is 15.5 Å². The van der Waals surface area contributed by atoms with Crippen LogP contribution in [-0.2, 0) is 11.3 Å². The lowest BCUT2D eigenvalue weighted by atomic mass is 10.1. The predicted molar refractivity (Wildman–Crippen MR) is 95.0 cm³/mol. The minimum Gasteiger partial charge on any atom is -0.337 e. The molecule has 2 atom stereocenters. The molecule has 128 valence electrons. The van der Waals surface area contributed by atoms with Crippen molar-refractivity contribution in [1.82, 2.24) is 9.80 Å². The third-order valence-corrected chi connectivity index (χ3v) is 4.93. The molecule has 0 aromatic heterocycles. The van der Waals surface area contributed by atoms with Gasteiger partial charge in [0.05, 0.1) is 0 Å². The molecule has 0 radical (unpaired) electrons. The first-order valence-electron chi connectivity index (χ1n) is 8.94. The van der Waals surface area contributed by atoms with Crippen molar-refractivity contribution < 1.29 is 4.79 Å². The number of carbonyl (C=O) groups is 1. The number of benzene rings is 1. The molecule has 23 heavy (non-hydrogen) atoms. The van der Waals surface area contributed by atoms with E-state index in [2.05, 4.69) is 30.9 Å². The first-order valence-corrected chi connectivity index (χ1v) is 8.94. The highest BCUT2D eigenvalue weighted by Gasteiger charge is 2.31. The summed E-state index contributed by atoms with van der Waals surface area (Å²) < 4.78 is 0. The summed E-state index contributed by atoms with van der Waals surface area (Å²) >= 11 is 0. The van der Waals surface area contributed by atoms with Crippen LogP contribution in [0.2, 0.25) is 0 Å². The molecular weight excluding hydrogens is 286 g/mol. The van der Waals surface area contributed by atoms with Crippen LogP contribution in [0.15, 0.2) is 30.3 Å². The lowest BCUT2D eigenvalue weighted by Crippen LogP contribution is -2.41. The number of likely N-dealkylation sites (N-methyl/N-ethyl adjacent to an activating group) is 1. The van der Waals surface area contributed by atoms with E-state index in [0.717, 1.165) is 45.4 Å². The van der Waals surface area contributed by atoms with Crippen molar-refractivity contribution in [3.8, 4) is 0 Å². The minimum absolute atomic E-state index is 0.116. The normalized spacial score (nSPS) is 20.9. The molecule has 2 N–H and O–H groups in total. The van der Waals surface area contributed by atoms with Gasteiger partial charge in [-0.3, -0.25) is 4.79 Å². The third kappa shape index (κ3) is 5.33. The second-order valence-corrected chi connectivity index (χ2v) is 6.54. The van der Waals surface area contributed by atoms with E-state index >= 15 is 0 Å². The van der Waals surface area contributed by atoms with Gasteiger partial charge >= 0.3 is 0 Å². The largest absolute Gasteiger partial charge is 0.337 e. The molecule has 0 heterocycles. The maximum Gasteiger partial charge on any atom is 0.226 e. The van der Waals surface area contributed by atoms with Crippen LogP contribution in [0.4, 0.5) is 0 Å². The van der Waals surface area contributed by atoms with Crippen LogP contribution in [0.3, 0.4) is 0 Å². The average Bonchev–Trinajstić information content (AvgIpc) is 3.01. The summed E-state index contributed by atoms with van der Waals surface area (Å²) in [6.07, 6.45) is 2.76. The van der Waals surface area contributed by atoms with Crippen molar-refractivity contribution in [3.63, 3.8) is 0 Å². The van der Waals surface area contributed by atoms with Crippen LogP contribution >= 0.6 is 0 Å². The van der Waals surface area contributed by atoms with Crippen LogP contribution in [0.5, 0.6) is 0 Å². The fraction of sp³-hybridized carbons (Fsp3) is 0.632. The van der Waals surface area contributed by atoms with Crippen molar-refractivity contribution in [2.75, 3.05) is 26.2 Å². The van der Waals surface area contributed by atoms with E-state index < -0.39 is 0 Å². The fourth-order valence-corrected chi connectivity index (χ4v) is 3.37. The van der Waals surface area contributed by atoms with Gasteiger partial charge in [-0.15, -0.1) is 0 Å². The van der Waals surface area contributed by atoms with E-state index in [0.29, 0.717) is 6.54 Å². The zero-order valence-electron chi connectivity index (χ0n) is 14.6. The SMILES string of the molecule is CCN(CC)CCN(Cc1ccccc1)C(=O)C1CCC(N)C1. The molecule has 0 spiro atoms. The molecule has 1 aliphatic rings. The molecule has 1 aliphatic carbocycles. The van der Waals surface area contributed by atoms with Crippen LogP contribution in [0.1, 0.15) is 38.7 Å². The van der Waals surface area contributed by atoms with Gasteiger partial charge in [0.2, 0.25) is 5.91 Å². The van der Waals surface area contributed by atoms with Gasteiger partial charge in [-0.05, 0) is 37.9 Å². The highest BCUT2D eigenvalue weighted by molar-refractivity contribution is 5.79. The number of nitrogens with zero attached hydrogens (tertiary/aromatic N) is 2. The molecule has 1 amide bonds. The van der Waals surface area contributed by atoms with Gasteiger partial charge in [0.15, 0.2) is 0 Å². The molecule has 2 rings (SSSR count). The Kier molecular flexibility index (Phi) is 7.06. The van der Waals surface area contributed by atoms with E-state index in [1.807, 2.05) is 23.1 Å². The smallest absolute Gasteiger partial charge is 0.226 e. The molecule has 0 bridgehead atoms. The predicted octanol–water partition coefficient (Wildman–Crippen LogP) is 2.48. The maximum absolute atomic E-state index is 12.9. The summed E-state index contributed by atoms with van der Waals surface area (Å²) in [5.74, 6) is 0.402. The van der Waals surface area contributed by atoms with Crippen molar-refractivity contribution in [1.29, 1.82) is 0 Å². The Morgan fingerprint density at radius 3 is 2.39 bits per heavy atom. The van der Waals surface area contributed by atoms with Crippen LogP contribution < -0.4 is 5.73 Å². The van der Waals surface area contributed by atoms with Gasteiger partial charge in [0, 0.05) is 31.6 Å². The van der Waals surface area contributed by atoms with Gasteiger partial charge in [0.1, 0.15) is 0 Å². The van der Waals surface area contributed by atoms with Gasteiger partial charge in [-0.25, -0.2) is 0 Å². The lowest BCUT2D eigenvalue weighted by Gasteiger charge is -2.29. The highest BCUT2D eigenvalue weighted by Crippen LogP contribution is 2.26. The number of nitrogens with two attached hydrogens (primary N) is 1. The maximum atomic E-state index is 12.9. The number of hydrogen-bond acceptors (Lipinski definition) is 3. The first kappa shape index (κ1) is 18.0. The van der Waals surface area contributed by atoms with E-state index in [-0.39, 0.29) is 17.9 Å². The minimum atomic E-state index is 0.116. The quantitative estimate of drug-likeness (QED) is 0.801. The molecule has 2 unspecified atom stereocenters. The molecular formula is C19H31N3O. The van der Waals surface area contributed by atoms with E-state index in [1.165, 1.54) is 5.56 Å². The summed E-state index contributed by atoms with van der Waals surface area (Å²) in [6, 6.07) is 10.5. The molecule has 1 saturated carbocycles. The summed E-state index contributed by atoms with van der Waals surface area (Å²) in [5, 5.41) is 0. The van der Waals surface area contributed by atoms with Crippen LogP contribution in [-0.4, -0.2) is 47.9 Å². The highest BCUT2D eigenvalue weighted by atomic mass is 16.2. The molecule has 4 heteroatoms. The van der Waals surface area contributed by atoms with Gasteiger partial charge in [-0.1, -0.05) is 44.2 Å². The Hall–Kier alpha value is -1.39. The standard InChI is InChI=1S/C19H31N3O/c1-3-21(4-2)12-13-22(15-16-8-6-5-7-9-16)19(23)17-10-11-18(20)14-17/h5-9,17-18H,3-4,10-15,20H2,1-2H3. The average molecular weight is 317 g/mol. The summed E-state index contributed by atoms with van der Waals surface area (Å²) in [5.41, 5.74) is 7.20. The Labute approximate surface area is 140 Å². The molecule has 1 aromatic carbocycles. The zero-order chi connectivity index (χ0) is 16.7. The first-order chi connectivity index (χ1) is 11.1. The topological polar surface area (TPSA) is 49.6 Å². The Balaban J connectivity index is 2.02. The molecule has 4 nitrogen and oxygen atoms in total. The fourth-order valence-electron chi connectivity index (χ4n) is 3.37. The molecule has 0 saturated heterocycles. The monoisotopic (exact) mass is 317 g/mol. The van der Waals surface area contributed by atoms with E-state index in [9.17, 15) is 4.79 Å². The third-order valence-electron chi connectivity index (χ3n) is 4.93. The Bertz CT molecular complexity index is 473. The second kappa shape index (κ2) is 9.04. The van der Waals surface area contributed by atoms with Crippen LogP contribution in [0.25, 0.3) is 0 Å². The Morgan fingerprint density at radius 2 is 1.83 bits per heavy atom. The number of carbonyl (C=O) groups excluding carboxylic acids is 1. The van der Waals surface area contributed by atoms with E-state index in [4.69, 9.17) is 5.73 Å². The van der Waals surface area contributed by atoms with E-state index in [1.54, 1.807) is 0 Å². The Morgan fingerprint density at radius 1 is 1.13 bits per heavy atom. The number of amides is 1. The molecule has 1 aromatic rings. The van der Waals surface area contributed by atoms with Crippen molar-refractivity contribution in [2.24, 2.45) is 11.7 Å². The summed E-state index contributed by atoms with van der Waals surface area (Å²) in [7, 11) is 0. The lowest BCUT2D eigenvalue weighted by molar-refractivity contribution is -0.136. The van der Waals surface area contributed by atoms with Gasteiger partial charge in [-0.2, -0.15) is 0 Å². The number of rotatable bonds is 8. The van der Waals surface area contributed by atoms with Crippen molar-refractivity contribution >= 4 is 5.91 Å². The second-order valence-electron chi connectivity index (χ2n) is 6.54.